The van der Waals surface area contributed by atoms with Gasteiger partial charge in [-0.15, -0.1) is 0 Å². The van der Waals surface area contributed by atoms with E-state index in [0.29, 0.717) is 6.04 Å². The third-order valence-electron chi connectivity index (χ3n) is 3.48. The monoisotopic (exact) mass is 263 g/mol. The van der Waals surface area contributed by atoms with Gasteiger partial charge in [-0.05, 0) is 42.5 Å². The SMILES string of the molecule is Nc1ccc2c(c1)nc(CO)n2C1CCSCC1. The number of aromatic nitrogens is 2. The molecule has 0 radical (unpaired) electrons. The first-order chi connectivity index (χ1) is 8.79. The lowest BCUT2D eigenvalue weighted by molar-refractivity contribution is 0.260. The number of nitrogens with two attached hydrogens (primary N) is 1. The van der Waals surface area contributed by atoms with E-state index >= 15 is 0 Å². The number of hydrogen-bond donors (Lipinski definition) is 2. The van der Waals surface area contributed by atoms with E-state index in [0.717, 1.165) is 35.4 Å². The number of nitrogens with zero attached hydrogens (tertiary/aromatic N) is 2. The molecule has 3 rings (SSSR count). The van der Waals surface area contributed by atoms with Gasteiger partial charge in [-0.3, -0.25) is 0 Å². The van der Waals surface area contributed by atoms with E-state index in [1.807, 2.05) is 30.0 Å². The fraction of sp³-hybridized carbons (Fsp3) is 0.462. The summed E-state index contributed by atoms with van der Waals surface area (Å²) in [6, 6.07) is 6.25. The van der Waals surface area contributed by atoms with Gasteiger partial charge in [0.2, 0.25) is 0 Å². The molecule has 0 spiro atoms. The van der Waals surface area contributed by atoms with Crippen LogP contribution in [0.15, 0.2) is 18.2 Å². The molecular formula is C13H17N3OS. The minimum atomic E-state index is -0.0156. The van der Waals surface area contributed by atoms with Crippen LogP contribution in [0, 0.1) is 0 Å². The molecule has 1 aliphatic rings. The summed E-state index contributed by atoms with van der Waals surface area (Å²) in [6.07, 6.45) is 2.29. The first-order valence-corrected chi connectivity index (χ1v) is 7.40. The second kappa shape index (κ2) is 4.82. The van der Waals surface area contributed by atoms with Crippen molar-refractivity contribution >= 4 is 28.5 Å². The number of aliphatic hydroxyl groups is 1. The smallest absolute Gasteiger partial charge is 0.135 e. The van der Waals surface area contributed by atoms with Crippen LogP contribution in [0.2, 0.25) is 0 Å². The van der Waals surface area contributed by atoms with Crippen LogP contribution in [0.3, 0.4) is 0 Å². The van der Waals surface area contributed by atoms with Crippen molar-refractivity contribution in [2.75, 3.05) is 17.2 Å². The van der Waals surface area contributed by atoms with Gasteiger partial charge in [0, 0.05) is 11.7 Å². The predicted molar refractivity (Wildman–Crippen MR) is 75.7 cm³/mol. The lowest BCUT2D eigenvalue weighted by Crippen LogP contribution is -2.17. The molecule has 0 unspecified atom stereocenters. The highest BCUT2D eigenvalue weighted by atomic mass is 32.2. The minimum Gasteiger partial charge on any atom is -0.399 e. The van der Waals surface area contributed by atoms with Crippen LogP contribution >= 0.6 is 11.8 Å². The maximum atomic E-state index is 9.50. The van der Waals surface area contributed by atoms with Crippen LogP contribution in [0.1, 0.15) is 24.7 Å². The molecule has 2 heterocycles. The largest absolute Gasteiger partial charge is 0.399 e. The number of imidazole rings is 1. The summed E-state index contributed by atoms with van der Waals surface area (Å²) in [7, 11) is 0. The van der Waals surface area contributed by atoms with Crippen molar-refractivity contribution in [3.05, 3.63) is 24.0 Å². The molecule has 1 aromatic carbocycles. The van der Waals surface area contributed by atoms with Crippen LogP contribution in [-0.4, -0.2) is 26.2 Å². The van der Waals surface area contributed by atoms with Gasteiger partial charge < -0.3 is 15.4 Å². The van der Waals surface area contributed by atoms with Gasteiger partial charge in [-0.2, -0.15) is 11.8 Å². The molecule has 5 heteroatoms. The maximum Gasteiger partial charge on any atom is 0.135 e. The van der Waals surface area contributed by atoms with Crippen LogP contribution < -0.4 is 5.73 Å². The Morgan fingerprint density at radius 2 is 2.17 bits per heavy atom. The molecule has 1 aliphatic heterocycles. The molecule has 1 aromatic heterocycles. The number of hydrogen-bond acceptors (Lipinski definition) is 4. The topological polar surface area (TPSA) is 64.1 Å². The molecule has 0 atom stereocenters. The van der Waals surface area contributed by atoms with Crippen LogP contribution in [-0.2, 0) is 6.61 Å². The number of rotatable bonds is 2. The van der Waals surface area contributed by atoms with Gasteiger partial charge in [-0.1, -0.05) is 0 Å². The van der Waals surface area contributed by atoms with Crippen molar-refractivity contribution in [2.24, 2.45) is 0 Å². The standard InChI is InChI=1S/C13H17N3OS/c14-9-1-2-12-11(7-9)15-13(8-17)16(12)10-3-5-18-6-4-10/h1-2,7,10,17H,3-6,8,14H2. The molecular weight excluding hydrogens is 246 g/mol. The zero-order chi connectivity index (χ0) is 12.5. The van der Waals surface area contributed by atoms with Crippen molar-refractivity contribution in [3.8, 4) is 0 Å². The molecule has 0 amide bonds. The average Bonchev–Trinajstić information content (AvgIpc) is 2.77. The van der Waals surface area contributed by atoms with Crippen LogP contribution in [0.4, 0.5) is 5.69 Å². The quantitative estimate of drug-likeness (QED) is 0.815. The zero-order valence-corrected chi connectivity index (χ0v) is 11.0. The highest BCUT2D eigenvalue weighted by molar-refractivity contribution is 7.99. The van der Waals surface area contributed by atoms with E-state index in [4.69, 9.17) is 5.73 Å². The molecule has 96 valence electrons. The number of nitrogen functional groups attached to an aromatic ring is 1. The second-order valence-corrected chi connectivity index (χ2v) is 5.87. The fourth-order valence-electron chi connectivity index (χ4n) is 2.63. The van der Waals surface area contributed by atoms with Crippen molar-refractivity contribution in [3.63, 3.8) is 0 Å². The first kappa shape index (κ1) is 11.9. The molecule has 4 nitrogen and oxygen atoms in total. The number of fused-ring (bicyclic) bond motifs is 1. The van der Waals surface area contributed by atoms with Gasteiger partial charge in [-0.25, -0.2) is 4.98 Å². The van der Waals surface area contributed by atoms with E-state index in [1.54, 1.807) is 0 Å². The van der Waals surface area contributed by atoms with Gasteiger partial charge in [0.25, 0.3) is 0 Å². The Hall–Kier alpha value is -1.20. The number of benzene rings is 1. The Morgan fingerprint density at radius 1 is 1.39 bits per heavy atom. The average molecular weight is 263 g/mol. The zero-order valence-electron chi connectivity index (χ0n) is 10.2. The Balaban J connectivity index is 2.12. The molecule has 0 saturated carbocycles. The van der Waals surface area contributed by atoms with Crippen molar-refractivity contribution < 1.29 is 5.11 Å². The molecule has 2 aromatic rings. The van der Waals surface area contributed by atoms with Gasteiger partial charge in [0.15, 0.2) is 0 Å². The van der Waals surface area contributed by atoms with Gasteiger partial charge >= 0.3 is 0 Å². The van der Waals surface area contributed by atoms with Crippen molar-refractivity contribution in [1.29, 1.82) is 0 Å². The summed E-state index contributed by atoms with van der Waals surface area (Å²) in [4.78, 5) is 4.49. The van der Waals surface area contributed by atoms with E-state index in [2.05, 4.69) is 9.55 Å². The van der Waals surface area contributed by atoms with Crippen molar-refractivity contribution in [1.82, 2.24) is 9.55 Å². The molecule has 1 saturated heterocycles. The molecule has 1 fully saturated rings. The second-order valence-electron chi connectivity index (χ2n) is 4.65. The summed E-state index contributed by atoms with van der Waals surface area (Å²) in [5.74, 6) is 3.13. The maximum absolute atomic E-state index is 9.50. The lowest BCUT2D eigenvalue weighted by atomic mass is 10.1. The fourth-order valence-corrected chi connectivity index (χ4v) is 3.71. The van der Waals surface area contributed by atoms with Gasteiger partial charge in [0.05, 0.1) is 11.0 Å². The van der Waals surface area contributed by atoms with E-state index in [1.165, 1.54) is 11.5 Å². The Morgan fingerprint density at radius 3 is 2.89 bits per heavy atom. The lowest BCUT2D eigenvalue weighted by Gasteiger charge is -2.25. The number of thioether (sulfide) groups is 1. The summed E-state index contributed by atoms with van der Waals surface area (Å²) >= 11 is 2.00. The Labute approximate surface area is 110 Å². The molecule has 0 bridgehead atoms. The van der Waals surface area contributed by atoms with Crippen LogP contribution in [0.5, 0.6) is 0 Å². The normalized spacial score (nSPS) is 17.4. The highest BCUT2D eigenvalue weighted by Crippen LogP contribution is 2.32. The summed E-state index contributed by atoms with van der Waals surface area (Å²) in [5.41, 5.74) is 8.48. The first-order valence-electron chi connectivity index (χ1n) is 6.24. The molecule has 3 N–H and O–H groups in total. The summed E-state index contributed by atoms with van der Waals surface area (Å²) < 4.78 is 2.20. The van der Waals surface area contributed by atoms with Gasteiger partial charge in [0.1, 0.15) is 12.4 Å². The third kappa shape index (κ3) is 1.97. The third-order valence-corrected chi connectivity index (χ3v) is 4.53. The van der Waals surface area contributed by atoms with Crippen LogP contribution in [0.25, 0.3) is 11.0 Å². The van der Waals surface area contributed by atoms with E-state index in [9.17, 15) is 5.11 Å². The Bertz CT molecular complexity index is 561. The highest BCUT2D eigenvalue weighted by Gasteiger charge is 2.21. The number of anilines is 1. The number of aliphatic hydroxyl groups excluding tert-OH is 1. The Kier molecular flexibility index (Phi) is 3.18. The summed E-state index contributed by atoms with van der Waals surface area (Å²) in [6.45, 7) is -0.0156. The molecule has 0 aliphatic carbocycles. The predicted octanol–water partition coefficient (Wildman–Crippen LogP) is 2.18. The minimum absolute atomic E-state index is 0.0156. The van der Waals surface area contributed by atoms with E-state index in [-0.39, 0.29) is 6.61 Å². The van der Waals surface area contributed by atoms with Crippen molar-refractivity contribution in [2.45, 2.75) is 25.5 Å². The molecule has 18 heavy (non-hydrogen) atoms. The van der Waals surface area contributed by atoms with E-state index < -0.39 is 0 Å². The summed E-state index contributed by atoms with van der Waals surface area (Å²) in [5, 5.41) is 9.50.